The highest BCUT2D eigenvalue weighted by molar-refractivity contribution is 7.13. The molecule has 0 saturated heterocycles. The van der Waals surface area contributed by atoms with Gasteiger partial charge in [0.25, 0.3) is 6.47 Å². The van der Waals surface area contributed by atoms with Crippen LogP contribution in [0.1, 0.15) is 30.8 Å². The minimum Gasteiger partial charge on any atom is -0.484 e. The third-order valence-electron chi connectivity index (χ3n) is 3.77. The van der Waals surface area contributed by atoms with Crippen LogP contribution in [0, 0.1) is 0 Å². The van der Waals surface area contributed by atoms with Gasteiger partial charge in [0.1, 0.15) is 11.9 Å². The second-order valence-electron chi connectivity index (χ2n) is 5.75. The fourth-order valence-corrected chi connectivity index (χ4v) is 3.17. The number of aromatic nitrogens is 3. The normalized spacial score (nSPS) is 11.1. The van der Waals surface area contributed by atoms with Gasteiger partial charge in [-0.25, -0.2) is 4.98 Å². The van der Waals surface area contributed by atoms with Crippen LogP contribution in [0.15, 0.2) is 48.0 Å². The highest BCUT2D eigenvalue weighted by Crippen LogP contribution is 2.25. The summed E-state index contributed by atoms with van der Waals surface area (Å²) in [6.07, 6.45) is 2.59. The Bertz CT molecular complexity index is 879. The average Bonchev–Trinajstić information content (AvgIpc) is 3.30. The summed E-state index contributed by atoms with van der Waals surface area (Å²) in [6.45, 7) is 1.69. The standard InChI is InChI=1S/C18H20N4O2S.CH2O2/c1-13(24-15-6-4-3-5-7-15)16-12-25-18(20-16)21-17(23)9-8-14-10-11-19-22(14)2;2-1-3/h3-7,10-13H,8-9H2,1-2H3,(H,20,21,23);1H,(H,2,3). The minimum absolute atomic E-state index is 0.0567. The smallest absolute Gasteiger partial charge is 0.290 e. The van der Waals surface area contributed by atoms with Crippen molar-refractivity contribution in [3.05, 3.63) is 59.4 Å². The van der Waals surface area contributed by atoms with Crippen molar-refractivity contribution >= 4 is 28.8 Å². The lowest BCUT2D eigenvalue weighted by molar-refractivity contribution is -0.123. The van der Waals surface area contributed by atoms with Crippen LogP contribution in [0.4, 0.5) is 5.13 Å². The third kappa shape index (κ3) is 6.51. The maximum absolute atomic E-state index is 12.1. The maximum Gasteiger partial charge on any atom is 0.290 e. The van der Waals surface area contributed by atoms with Gasteiger partial charge in [0.05, 0.1) is 5.69 Å². The van der Waals surface area contributed by atoms with Crippen molar-refractivity contribution < 1.29 is 19.4 Å². The fourth-order valence-electron chi connectivity index (χ4n) is 2.36. The molecule has 9 heteroatoms. The molecule has 3 aromatic rings. The highest BCUT2D eigenvalue weighted by atomic mass is 32.1. The van der Waals surface area contributed by atoms with Crippen LogP contribution >= 0.6 is 11.3 Å². The van der Waals surface area contributed by atoms with E-state index < -0.39 is 0 Å². The van der Waals surface area contributed by atoms with Crippen molar-refractivity contribution in [1.29, 1.82) is 0 Å². The molecule has 0 fully saturated rings. The number of hydrogen-bond acceptors (Lipinski definition) is 6. The van der Waals surface area contributed by atoms with Gasteiger partial charge in [0.15, 0.2) is 5.13 Å². The third-order valence-corrected chi connectivity index (χ3v) is 4.55. The van der Waals surface area contributed by atoms with Crippen LogP contribution in [-0.4, -0.2) is 32.3 Å². The van der Waals surface area contributed by atoms with Crippen molar-refractivity contribution in [3.8, 4) is 5.75 Å². The van der Waals surface area contributed by atoms with Crippen LogP contribution in [0.2, 0.25) is 0 Å². The predicted octanol–water partition coefficient (Wildman–Crippen LogP) is 3.29. The summed E-state index contributed by atoms with van der Waals surface area (Å²) >= 11 is 1.40. The Kier molecular flexibility index (Phi) is 8.16. The molecule has 0 radical (unpaired) electrons. The molecule has 0 aliphatic rings. The summed E-state index contributed by atoms with van der Waals surface area (Å²) in [4.78, 5) is 24.9. The van der Waals surface area contributed by atoms with Crippen molar-refractivity contribution in [2.24, 2.45) is 7.05 Å². The van der Waals surface area contributed by atoms with E-state index >= 15 is 0 Å². The Hall–Kier alpha value is -3.20. The monoisotopic (exact) mass is 402 g/mol. The molecule has 1 amide bonds. The number of thiazole rings is 1. The average molecular weight is 402 g/mol. The SMILES string of the molecule is CC(Oc1ccccc1)c1csc(NC(=O)CCc2ccnn2C)n1.O=CO. The van der Waals surface area contributed by atoms with E-state index in [0.717, 1.165) is 17.1 Å². The molecule has 2 N–H and O–H groups in total. The minimum atomic E-state index is -0.250. The number of aryl methyl sites for hydroxylation is 2. The van der Waals surface area contributed by atoms with Crippen LogP contribution in [0.5, 0.6) is 5.75 Å². The van der Waals surface area contributed by atoms with Crippen molar-refractivity contribution in [3.63, 3.8) is 0 Å². The van der Waals surface area contributed by atoms with Crippen LogP contribution in [0.25, 0.3) is 0 Å². The van der Waals surface area contributed by atoms with E-state index in [1.54, 1.807) is 10.9 Å². The van der Waals surface area contributed by atoms with Gasteiger partial charge in [-0.2, -0.15) is 5.10 Å². The Morgan fingerprint density at radius 2 is 2.07 bits per heavy atom. The second kappa shape index (κ2) is 10.8. The Morgan fingerprint density at radius 1 is 1.36 bits per heavy atom. The number of amides is 1. The molecule has 1 unspecified atom stereocenters. The lowest BCUT2D eigenvalue weighted by atomic mass is 10.2. The number of anilines is 1. The zero-order chi connectivity index (χ0) is 20.4. The molecule has 148 valence electrons. The van der Waals surface area contributed by atoms with Gasteiger partial charge in [-0.15, -0.1) is 11.3 Å². The molecule has 1 atom stereocenters. The lowest BCUT2D eigenvalue weighted by Gasteiger charge is -2.12. The van der Waals surface area contributed by atoms with E-state index in [0.29, 0.717) is 18.0 Å². The van der Waals surface area contributed by atoms with E-state index in [1.165, 1.54) is 11.3 Å². The topological polar surface area (TPSA) is 106 Å². The van der Waals surface area contributed by atoms with Gasteiger partial charge in [-0.3, -0.25) is 14.3 Å². The fraction of sp³-hybridized carbons (Fsp3) is 0.263. The Balaban J connectivity index is 0.000000878. The number of ether oxygens (including phenoxy) is 1. The van der Waals surface area contributed by atoms with Gasteiger partial charge < -0.3 is 15.2 Å². The number of carbonyl (C=O) groups excluding carboxylic acids is 1. The molecular weight excluding hydrogens is 380 g/mol. The van der Waals surface area contributed by atoms with Gasteiger partial charge in [0, 0.05) is 30.7 Å². The Labute approximate surface area is 166 Å². The maximum atomic E-state index is 12.1. The predicted molar refractivity (Wildman–Crippen MR) is 106 cm³/mol. The molecule has 0 aliphatic heterocycles. The van der Waals surface area contributed by atoms with E-state index in [4.69, 9.17) is 14.6 Å². The highest BCUT2D eigenvalue weighted by Gasteiger charge is 2.13. The molecule has 0 spiro atoms. The van der Waals surface area contributed by atoms with Gasteiger partial charge >= 0.3 is 0 Å². The van der Waals surface area contributed by atoms with E-state index in [9.17, 15) is 4.79 Å². The summed E-state index contributed by atoms with van der Waals surface area (Å²) in [7, 11) is 1.87. The van der Waals surface area contributed by atoms with Gasteiger partial charge in [0.2, 0.25) is 5.91 Å². The number of carboxylic acid groups (broad SMARTS) is 1. The van der Waals surface area contributed by atoms with Gasteiger partial charge in [-0.05, 0) is 31.5 Å². The van der Waals surface area contributed by atoms with Crippen LogP contribution in [0.3, 0.4) is 0 Å². The molecule has 2 aromatic heterocycles. The quantitative estimate of drug-likeness (QED) is 0.588. The number of nitrogens with zero attached hydrogens (tertiary/aromatic N) is 3. The number of rotatable bonds is 7. The number of nitrogens with one attached hydrogen (secondary N) is 1. The molecule has 0 aliphatic carbocycles. The first kappa shape index (κ1) is 21.1. The van der Waals surface area contributed by atoms with Gasteiger partial charge in [-0.1, -0.05) is 18.2 Å². The van der Waals surface area contributed by atoms with E-state index in [2.05, 4.69) is 15.4 Å². The first-order valence-electron chi connectivity index (χ1n) is 8.55. The summed E-state index contributed by atoms with van der Waals surface area (Å²) in [5, 5.41) is 16.3. The molecule has 0 bridgehead atoms. The van der Waals surface area contributed by atoms with Crippen LogP contribution < -0.4 is 10.1 Å². The molecule has 1 aromatic carbocycles. The Morgan fingerprint density at radius 3 is 2.71 bits per heavy atom. The zero-order valence-electron chi connectivity index (χ0n) is 15.6. The molecule has 0 saturated carbocycles. The zero-order valence-corrected chi connectivity index (χ0v) is 16.4. The van der Waals surface area contributed by atoms with Crippen molar-refractivity contribution in [1.82, 2.24) is 14.8 Å². The molecule has 2 heterocycles. The second-order valence-corrected chi connectivity index (χ2v) is 6.61. The summed E-state index contributed by atoms with van der Waals surface area (Å²) in [5.41, 5.74) is 1.83. The number of carbonyl (C=O) groups is 2. The van der Waals surface area contributed by atoms with Crippen LogP contribution in [-0.2, 0) is 23.1 Å². The number of hydrogen-bond donors (Lipinski definition) is 2. The number of para-hydroxylation sites is 1. The molecule has 28 heavy (non-hydrogen) atoms. The summed E-state index contributed by atoms with van der Waals surface area (Å²) in [5.74, 6) is 0.739. The lowest BCUT2D eigenvalue weighted by Crippen LogP contribution is -2.13. The summed E-state index contributed by atoms with van der Waals surface area (Å²) < 4.78 is 7.63. The van der Waals surface area contributed by atoms with Crippen molar-refractivity contribution in [2.75, 3.05) is 5.32 Å². The van der Waals surface area contributed by atoms with E-state index in [1.807, 2.05) is 55.7 Å². The molecule has 8 nitrogen and oxygen atoms in total. The summed E-state index contributed by atoms with van der Waals surface area (Å²) in [6, 6.07) is 11.5. The first-order chi connectivity index (χ1) is 13.5. The number of benzene rings is 1. The largest absolute Gasteiger partial charge is 0.484 e. The van der Waals surface area contributed by atoms with Crippen molar-refractivity contribution in [2.45, 2.75) is 25.9 Å². The first-order valence-corrected chi connectivity index (χ1v) is 9.43. The molecular formula is C19H22N4O4S. The molecule has 3 rings (SSSR count). The van der Waals surface area contributed by atoms with E-state index in [-0.39, 0.29) is 18.5 Å².